The first-order chi connectivity index (χ1) is 7.61. The van der Waals surface area contributed by atoms with Crippen LogP contribution in [0.1, 0.15) is 39.5 Å². The third kappa shape index (κ3) is 2.06. The maximum Gasteiger partial charge on any atom is 0.333 e. The summed E-state index contributed by atoms with van der Waals surface area (Å²) in [6.07, 6.45) is 7.06. The van der Waals surface area contributed by atoms with E-state index < -0.39 is 0 Å². The number of hydrogen-bond donors (Lipinski definition) is 0. The fourth-order valence-corrected chi connectivity index (χ4v) is 2.87. The molecule has 0 N–H and O–H groups in total. The Balaban J connectivity index is 2.03. The van der Waals surface area contributed by atoms with Crippen molar-refractivity contribution < 1.29 is 9.53 Å². The largest absolute Gasteiger partial charge is 0.455 e. The molecule has 0 aliphatic heterocycles. The van der Waals surface area contributed by atoms with Gasteiger partial charge in [-0.1, -0.05) is 19.6 Å². The predicted molar refractivity (Wildman–Crippen MR) is 63.9 cm³/mol. The Morgan fingerprint density at radius 2 is 2.38 bits per heavy atom. The number of fused-ring (bicyclic) bond motifs is 2. The summed E-state index contributed by atoms with van der Waals surface area (Å²) in [5.41, 5.74) is 1.86. The highest BCUT2D eigenvalue weighted by Gasteiger charge is 2.36. The van der Waals surface area contributed by atoms with Crippen LogP contribution in [0.25, 0.3) is 0 Å². The van der Waals surface area contributed by atoms with Crippen LogP contribution in [-0.2, 0) is 9.53 Å². The summed E-state index contributed by atoms with van der Waals surface area (Å²) in [5, 5.41) is 0. The van der Waals surface area contributed by atoms with Crippen LogP contribution in [0.2, 0.25) is 0 Å². The minimum absolute atomic E-state index is 0.0144. The fraction of sp³-hybridized carbons (Fsp3) is 0.643. The molecule has 0 radical (unpaired) electrons. The first-order valence-corrected chi connectivity index (χ1v) is 6.20. The molecular formula is C14H20O2. The predicted octanol–water partition coefficient (Wildman–Crippen LogP) is 3.24. The first-order valence-electron chi connectivity index (χ1n) is 6.20. The minimum Gasteiger partial charge on any atom is -0.455 e. The molecule has 2 heteroatoms. The quantitative estimate of drug-likeness (QED) is 0.413. The molecule has 1 saturated carbocycles. The lowest BCUT2D eigenvalue weighted by Gasteiger charge is -2.23. The molecule has 3 unspecified atom stereocenters. The lowest BCUT2D eigenvalue weighted by Crippen LogP contribution is -2.23. The molecule has 0 saturated heterocycles. The molecule has 0 aromatic heterocycles. The molecule has 0 amide bonds. The van der Waals surface area contributed by atoms with E-state index in [9.17, 15) is 4.79 Å². The van der Waals surface area contributed by atoms with Crippen molar-refractivity contribution in [3.8, 4) is 0 Å². The van der Waals surface area contributed by atoms with Gasteiger partial charge in [0.2, 0.25) is 0 Å². The second kappa shape index (κ2) is 4.44. The standard InChI is InChI=1S/C14H20O2/c1-4-13(16-14(15)9(2)3)12-8-10-5-6-11(12)7-10/h8,10-11,13H,2,4-7H2,1,3H3. The van der Waals surface area contributed by atoms with Crippen molar-refractivity contribution in [2.24, 2.45) is 11.8 Å². The third-order valence-electron chi connectivity index (χ3n) is 3.71. The van der Waals surface area contributed by atoms with E-state index >= 15 is 0 Å². The van der Waals surface area contributed by atoms with Gasteiger partial charge in [-0.15, -0.1) is 0 Å². The number of allylic oxidation sites excluding steroid dienone is 1. The van der Waals surface area contributed by atoms with Gasteiger partial charge in [0.25, 0.3) is 0 Å². The van der Waals surface area contributed by atoms with Gasteiger partial charge < -0.3 is 4.74 Å². The van der Waals surface area contributed by atoms with Crippen LogP contribution in [0.3, 0.4) is 0 Å². The first kappa shape index (κ1) is 11.4. The molecule has 1 fully saturated rings. The van der Waals surface area contributed by atoms with Gasteiger partial charge in [0, 0.05) is 5.57 Å². The highest BCUT2D eigenvalue weighted by Crippen LogP contribution is 2.45. The lowest BCUT2D eigenvalue weighted by molar-refractivity contribution is -0.142. The molecule has 2 nitrogen and oxygen atoms in total. The number of carbonyl (C=O) groups is 1. The van der Waals surface area contributed by atoms with E-state index in [-0.39, 0.29) is 12.1 Å². The zero-order valence-corrected chi connectivity index (χ0v) is 10.2. The molecule has 2 rings (SSSR count). The normalized spacial score (nSPS) is 28.8. The van der Waals surface area contributed by atoms with Gasteiger partial charge in [0.05, 0.1) is 0 Å². The molecule has 88 valence electrons. The topological polar surface area (TPSA) is 26.3 Å². The van der Waals surface area contributed by atoms with Crippen molar-refractivity contribution in [1.82, 2.24) is 0 Å². The molecule has 0 heterocycles. The van der Waals surface area contributed by atoms with Crippen LogP contribution >= 0.6 is 0 Å². The van der Waals surface area contributed by atoms with Crippen LogP contribution in [0.15, 0.2) is 23.8 Å². The minimum atomic E-state index is -0.254. The Morgan fingerprint density at radius 3 is 2.81 bits per heavy atom. The van der Waals surface area contributed by atoms with Crippen molar-refractivity contribution in [2.75, 3.05) is 0 Å². The average Bonchev–Trinajstić information content (AvgIpc) is 2.86. The summed E-state index contributed by atoms with van der Waals surface area (Å²) in [6, 6.07) is 0. The van der Waals surface area contributed by atoms with Crippen LogP contribution in [0.5, 0.6) is 0 Å². The van der Waals surface area contributed by atoms with Crippen molar-refractivity contribution >= 4 is 5.97 Å². The Morgan fingerprint density at radius 1 is 1.62 bits per heavy atom. The second-order valence-electron chi connectivity index (χ2n) is 5.02. The maximum atomic E-state index is 11.5. The van der Waals surface area contributed by atoms with Gasteiger partial charge in [-0.05, 0) is 50.0 Å². The number of carbonyl (C=O) groups excluding carboxylic acids is 1. The highest BCUT2D eigenvalue weighted by molar-refractivity contribution is 5.87. The summed E-state index contributed by atoms with van der Waals surface area (Å²) in [6.45, 7) is 7.39. The van der Waals surface area contributed by atoms with Crippen molar-refractivity contribution in [1.29, 1.82) is 0 Å². The van der Waals surface area contributed by atoms with E-state index in [1.54, 1.807) is 6.92 Å². The average molecular weight is 220 g/mol. The van der Waals surface area contributed by atoms with Gasteiger partial charge in [0.1, 0.15) is 6.10 Å². The molecule has 0 aromatic carbocycles. The number of hydrogen-bond acceptors (Lipinski definition) is 2. The van der Waals surface area contributed by atoms with E-state index in [0.717, 1.165) is 12.3 Å². The maximum absolute atomic E-state index is 11.5. The Labute approximate surface area is 97.4 Å². The van der Waals surface area contributed by atoms with Crippen LogP contribution < -0.4 is 0 Å². The number of ether oxygens (including phenoxy) is 1. The highest BCUT2D eigenvalue weighted by atomic mass is 16.5. The SMILES string of the molecule is C=C(C)C(=O)OC(CC)C1=CC2CCC1C2. The molecule has 0 aromatic rings. The molecule has 0 spiro atoms. The fourth-order valence-electron chi connectivity index (χ4n) is 2.87. The van der Waals surface area contributed by atoms with Crippen LogP contribution in [0.4, 0.5) is 0 Å². The van der Waals surface area contributed by atoms with E-state index in [1.807, 2.05) is 0 Å². The Kier molecular flexibility index (Phi) is 3.17. The molecule has 3 atom stereocenters. The lowest BCUT2D eigenvalue weighted by atomic mass is 9.92. The van der Waals surface area contributed by atoms with E-state index in [2.05, 4.69) is 19.6 Å². The van der Waals surface area contributed by atoms with Crippen LogP contribution in [0, 0.1) is 11.8 Å². The van der Waals surface area contributed by atoms with Gasteiger partial charge in [-0.25, -0.2) is 4.79 Å². The third-order valence-corrected chi connectivity index (χ3v) is 3.71. The van der Waals surface area contributed by atoms with E-state index in [1.165, 1.54) is 24.8 Å². The number of esters is 1. The number of rotatable bonds is 4. The summed E-state index contributed by atoms with van der Waals surface area (Å²) in [7, 11) is 0. The van der Waals surface area contributed by atoms with Crippen molar-refractivity contribution in [3.05, 3.63) is 23.8 Å². The molecule has 16 heavy (non-hydrogen) atoms. The summed E-state index contributed by atoms with van der Waals surface area (Å²) in [4.78, 5) is 11.5. The van der Waals surface area contributed by atoms with Gasteiger partial charge in [-0.2, -0.15) is 0 Å². The monoisotopic (exact) mass is 220 g/mol. The second-order valence-corrected chi connectivity index (χ2v) is 5.02. The Hall–Kier alpha value is -1.05. The van der Waals surface area contributed by atoms with E-state index in [4.69, 9.17) is 4.74 Å². The van der Waals surface area contributed by atoms with E-state index in [0.29, 0.717) is 11.5 Å². The molecule has 2 aliphatic carbocycles. The van der Waals surface area contributed by atoms with Crippen molar-refractivity contribution in [3.63, 3.8) is 0 Å². The summed E-state index contributed by atoms with van der Waals surface area (Å²) < 4.78 is 5.49. The summed E-state index contributed by atoms with van der Waals surface area (Å²) in [5.74, 6) is 1.17. The van der Waals surface area contributed by atoms with Crippen LogP contribution in [-0.4, -0.2) is 12.1 Å². The molecular weight excluding hydrogens is 200 g/mol. The molecule has 2 aliphatic rings. The van der Waals surface area contributed by atoms with Gasteiger partial charge in [0.15, 0.2) is 0 Å². The Bertz CT molecular complexity index is 341. The summed E-state index contributed by atoms with van der Waals surface area (Å²) >= 11 is 0. The molecule has 2 bridgehead atoms. The smallest absolute Gasteiger partial charge is 0.333 e. The van der Waals surface area contributed by atoms with Gasteiger partial charge >= 0.3 is 5.97 Å². The van der Waals surface area contributed by atoms with Crippen molar-refractivity contribution in [2.45, 2.75) is 45.6 Å². The van der Waals surface area contributed by atoms with Gasteiger partial charge in [-0.3, -0.25) is 0 Å². The zero-order valence-electron chi connectivity index (χ0n) is 10.2. The zero-order chi connectivity index (χ0) is 11.7.